The molecule has 1 atom stereocenters. The second kappa shape index (κ2) is 5.51. The molecule has 1 amide bonds. The standard InChI is InChI=1S/C15H13ClN2O2/c16-11-4-5-13-10(7-11)8-14(20-13)15(19)18-9-12-3-1-2-6-17-12/h1-7,14H,8-9H2,(H,18,19)/t14-/m1/s1. The van der Waals surface area contributed by atoms with Crippen LogP contribution >= 0.6 is 11.6 Å². The summed E-state index contributed by atoms with van der Waals surface area (Å²) in [5, 5.41) is 3.49. The Morgan fingerprint density at radius 3 is 3.10 bits per heavy atom. The van der Waals surface area contributed by atoms with Crippen molar-refractivity contribution in [2.24, 2.45) is 0 Å². The van der Waals surface area contributed by atoms with Gasteiger partial charge in [0, 0.05) is 17.6 Å². The minimum Gasteiger partial charge on any atom is -0.480 e. The lowest BCUT2D eigenvalue weighted by Gasteiger charge is -2.10. The van der Waals surface area contributed by atoms with Gasteiger partial charge in [-0.3, -0.25) is 9.78 Å². The Balaban J connectivity index is 1.60. The van der Waals surface area contributed by atoms with Crippen LogP contribution < -0.4 is 10.1 Å². The van der Waals surface area contributed by atoms with E-state index in [1.54, 1.807) is 18.3 Å². The zero-order valence-corrected chi connectivity index (χ0v) is 11.4. The Labute approximate surface area is 121 Å². The number of benzene rings is 1. The Hall–Kier alpha value is -2.07. The molecule has 0 fully saturated rings. The molecule has 0 radical (unpaired) electrons. The summed E-state index contributed by atoms with van der Waals surface area (Å²) in [6.45, 7) is 0.399. The summed E-state index contributed by atoms with van der Waals surface area (Å²) in [4.78, 5) is 16.2. The Morgan fingerprint density at radius 2 is 2.30 bits per heavy atom. The fourth-order valence-corrected chi connectivity index (χ4v) is 2.35. The van der Waals surface area contributed by atoms with E-state index in [0.717, 1.165) is 17.0 Å². The number of nitrogens with one attached hydrogen (secondary N) is 1. The van der Waals surface area contributed by atoms with E-state index in [2.05, 4.69) is 10.3 Å². The third kappa shape index (κ3) is 2.75. The molecule has 1 N–H and O–H groups in total. The first-order chi connectivity index (χ1) is 9.72. The van der Waals surface area contributed by atoms with Gasteiger partial charge in [-0.2, -0.15) is 0 Å². The Kier molecular flexibility index (Phi) is 3.56. The van der Waals surface area contributed by atoms with Crippen molar-refractivity contribution in [3.8, 4) is 5.75 Å². The molecule has 3 rings (SSSR count). The van der Waals surface area contributed by atoms with Crippen molar-refractivity contribution >= 4 is 17.5 Å². The number of carbonyl (C=O) groups excluding carboxylic acids is 1. The van der Waals surface area contributed by atoms with Crippen molar-refractivity contribution in [1.29, 1.82) is 0 Å². The highest BCUT2D eigenvalue weighted by atomic mass is 35.5. The predicted molar refractivity (Wildman–Crippen MR) is 75.7 cm³/mol. The molecule has 5 heteroatoms. The number of fused-ring (bicyclic) bond motifs is 1. The number of hydrogen-bond acceptors (Lipinski definition) is 3. The number of amides is 1. The van der Waals surface area contributed by atoms with E-state index >= 15 is 0 Å². The van der Waals surface area contributed by atoms with Crippen molar-refractivity contribution in [3.05, 3.63) is 58.9 Å². The first-order valence-corrected chi connectivity index (χ1v) is 6.73. The molecule has 1 aliphatic rings. The van der Waals surface area contributed by atoms with Gasteiger partial charge in [0.05, 0.1) is 12.2 Å². The molecule has 2 heterocycles. The lowest BCUT2D eigenvalue weighted by Crippen LogP contribution is -2.37. The average molecular weight is 289 g/mol. The Bertz CT molecular complexity index is 631. The smallest absolute Gasteiger partial charge is 0.261 e. The molecule has 0 bridgehead atoms. The molecule has 20 heavy (non-hydrogen) atoms. The van der Waals surface area contributed by atoms with E-state index in [0.29, 0.717) is 18.0 Å². The molecule has 0 saturated heterocycles. The van der Waals surface area contributed by atoms with Crippen LogP contribution in [0.15, 0.2) is 42.6 Å². The highest BCUT2D eigenvalue weighted by molar-refractivity contribution is 6.30. The Morgan fingerprint density at radius 1 is 1.40 bits per heavy atom. The fraction of sp³-hybridized carbons (Fsp3) is 0.200. The molecule has 4 nitrogen and oxygen atoms in total. The summed E-state index contributed by atoms with van der Waals surface area (Å²) in [6, 6.07) is 11.0. The van der Waals surface area contributed by atoms with Crippen molar-refractivity contribution in [2.75, 3.05) is 0 Å². The van der Waals surface area contributed by atoms with Crippen LogP contribution in [0.1, 0.15) is 11.3 Å². The molecule has 0 saturated carbocycles. The van der Waals surface area contributed by atoms with Crippen molar-refractivity contribution in [2.45, 2.75) is 19.1 Å². The maximum atomic E-state index is 12.1. The molecule has 1 aliphatic heterocycles. The lowest BCUT2D eigenvalue weighted by molar-refractivity contribution is -0.127. The van der Waals surface area contributed by atoms with Crippen LogP contribution in [-0.2, 0) is 17.8 Å². The highest BCUT2D eigenvalue weighted by Gasteiger charge is 2.28. The largest absolute Gasteiger partial charge is 0.480 e. The van der Waals surface area contributed by atoms with Crippen LogP contribution in [0.4, 0.5) is 0 Å². The molecule has 1 aromatic carbocycles. The van der Waals surface area contributed by atoms with Gasteiger partial charge in [-0.25, -0.2) is 0 Å². The molecular formula is C15H13ClN2O2. The minimum atomic E-state index is -0.493. The van der Waals surface area contributed by atoms with Gasteiger partial charge in [-0.1, -0.05) is 17.7 Å². The average Bonchev–Trinajstić information content (AvgIpc) is 2.89. The van der Waals surface area contributed by atoms with E-state index in [1.165, 1.54) is 0 Å². The van der Waals surface area contributed by atoms with E-state index in [4.69, 9.17) is 16.3 Å². The third-order valence-corrected chi connectivity index (χ3v) is 3.39. The van der Waals surface area contributed by atoms with E-state index in [1.807, 2.05) is 24.3 Å². The van der Waals surface area contributed by atoms with Crippen LogP contribution in [-0.4, -0.2) is 17.0 Å². The van der Waals surface area contributed by atoms with Gasteiger partial charge in [0.1, 0.15) is 5.75 Å². The number of rotatable bonds is 3. The topological polar surface area (TPSA) is 51.2 Å². The zero-order valence-electron chi connectivity index (χ0n) is 10.7. The summed E-state index contributed by atoms with van der Waals surface area (Å²) in [5.74, 6) is 0.593. The van der Waals surface area contributed by atoms with Crippen LogP contribution in [0.3, 0.4) is 0 Å². The maximum absolute atomic E-state index is 12.1. The van der Waals surface area contributed by atoms with Gasteiger partial charge in [0.15, 0.2) is 6.10 Å². The van der Waals surface area contributed by atoms with E-state index < -0.39 is 6.10 Å². The highest BCUT2D eigenvalue weighted by Crippen LogP contribution is 2.31. The quantitative estimate of drug-likeness (QED) is 0.943. The lowest BCUT2D eigenvalue weighted by atomic mass is 10.1. The number of carbonyl (C=O) groups is 1. The van der Waals surface area contributed by atoms with Crippen LogP contribution in [0.25, 0.3) is 0 Å². The number of nitrogens with zero attached hydrogens (tertiary/aromatic N) is 1. The minimum absolute atomic E-state index is 0.136. The number of ether oxygens (including phenoxy) is 1. The van der Waals surface area contributed by atoms with Crippen LogP contribution in [0.5, 0.6) is 5.75 Å². The number of hydrogen-bond donors (Lipinski definition) is 1. The van der Waals surface area contributed by atoms with E-state index in [9.17, 15) is 4.79 Å². The van der Waals surface area contributed by atoms with Gasteiger partial charge in [-0.05, 0) is 35.9 Å². The molecule has 102 valence electrons. The molecular weight excluding hydrogens is 276 g/mol. The SMILES string of the molecule is O=C(NCc1ccccn1)[C@H]1Cc2cc(Cl)ccc2O1. The number of aromatic nitrogens is 1. The van der Waals surface area contributed by atoms with Gasteiger partial charge >= 0.3 is 0 Å². The second-order valence-electron chi connectivity index (χ2n) is 4.60. The molecule has 1 aromatic heterocycles. The summed E-state index contributed by atoms with van der Waals surface area (Å²) in [7, 11) is 0. The van der Waals surface area contributed by atoms with Gasteiger partial charge < -0.3 is 10.1 Å². The molecule has 2 aromatic rings. The van der Waals surface area contributed by atoms with Gasteiger partial charge in [0.2, 0.25) is 0 Å². The van der Waals surface area contributed by atoms with Crippen molar-refractivity contribution in [3.63, 3.8) is 0 Å². The van der Waals surface area contributed by atoms with Gasteiger partial charge in [-0.15, -0.1) is 0 Å². The molecule has 0 aliphatic carbocycles. The van der Waals surface area contributed by atoms with Crippen molar-refractivity contribution < 1.29 is 9.53 Å². The third-order valence-electron chi connectivity index (χ3n) is 3.16. The molecule has 0 unspecified atom stereocenters. The first-order valence-electron chi connectivity index (χ1n) is 6.35. The molecule has 0 spiro atoms. The fourth-order valence-electron chi connectivity index (χ4n) is 2.16. The number of halogens is 1. The van der Waals surface area contributed by atoms with Crippen LogP contribution in [0.2, 0.25) is 5.02 Å². The maximum Gasteiger partial charge on any atom is 0.261 e. The monoisotopic (exact) mass is 288 g/mol. The second-order valence-corrected chi connectivity index (χ2v) is 5.04. The summed E-state index contributed by atoms with van der Waals surface area (Å²) < 4.78 is 5.62. The summed E-state index contributed by atoms with van der Waals surface area (Å²) >= 11 is 5.93. The normalized spacial score (nSPS) is 16.4. The first kappa shape index (κ1) is 12.9. The van der Waals surface area contributed by atoms with Gasteiger partial charge in [0.25, 0.3) is 5.91 Å². The van der Waals surface area contributed by atoms with Crippen molar-refractivity contribution in [1.82, 2.24) is 10.3 Å². The van der Waals surface area contributed by atoms with E-state index in [-0.39, 0.29) is 5.91 Å². The summed E-state index contributed by atoms with van der Waals surface area (Å²) in [6.07, 6.45) is 1.75. The summed E-state index contributed by atoms with van der Waals surface area (Å²) in [5.41, 5.74) is 1.79. The van der Waals surface area contributed by atoms with Crippen LogP contribution in [0, 0.1) is 0 Å². The number of pyridine rings is 1. The zero-order chi connectivity index (χ0) is 13.9. The predicted octanol–water partition coefficient (Wildman–Crippen LogP) is 2.35.